The molecular weight excluding hydrogens is 393 g/mol. The van der Waals surface area contributed by atoms with Crippen LogP contribution in [0.5, 0.6) is 0 Å². The summed E-state index contributed by atoms with van der Waals surface area (Å²) in [5.74, 6) is 0.0520. The van der Waals surface area contributed by atoms with Crippen LogP contribution < -0.4 is 10.6 Å². The Bertz CT molecular complexity index is 968. The fraction of sp³-hybridized carbons (Fsp3) is 0.278. The van der Waals surface area contributed by atoms with Crippen LogP contribution in [0.4, 0.5) is 19.0 Å². The first-order valence-corrected chi connectivity index (χ1v) is 8.66. The average molecular weight is 410 g/mol. The number of aryl methyl sites for hydroxylation is 1. The summed E-state index contributed by atoms with van der Waals surface area (Å²) < 4.78 is 45.5. The molecule has 0 fully saturated rings. The number of anilines is 1. The second-order valence-corrected chi connectivity index (χ2v) is 6.69. The molecule has 1 unspecified atom stereocenters. The Kier molecular flexibility index (Phi) is 5.16. The third-order valence-corrected chi connectivity index (χ3v) is 4.84. The number of carbonyl (C=O) groups is 1. The number of aromatic nitrogens is 1. The molecule has 0 saturated heterocycles. The Morgan fingerprint density at radius 3 is 2.61 bits per heavy atom. The predicted octanol–water partition coefficient (Wildman–Crippen LogP) is 3.78. The monoisotopic (exact) mass is 410 g/mol. The minimum Gasteiger partial charge on any atom is -0.360 e. The molecule has 1 atom stereocenters. The molecule has 10 heteroatoms. The lowest BCUT2D eigenvalue weighted by molar-refractivity contribution is -0.138. The van der Waals surface area contributed by atoms with Gasteiger partial charge in [0, 0.05) is 18.8 Å². The molecule has 2 N–H and O–H groups in total. The van der Waals surface area contributed by atoms with Crippen LogP contribution in [0.15, 0.2) is 46.1 Å². The molecule has 2 heterocycles. The van der Waals surface area contributed by atoms with Crippen LogP contribution >= 0.6 is 12.2 Å². The van der Waals surface area contributed by atoms with Gasteiger partial charge < -0.3 is 20.1 Å². The highest BCUT2D eigenvalue weighted by Gasteiger charge is 2.39. The van der Waals surface area contributed by atoms with Gasteiger partial charge in [-0.15, -0.1) is 0 Å². The Labute approximate surface area is 164 Å². The highest BCUT2D eigenvalue weighted by atomic mass is 32.1. The third-order valence-electron chi connectivity index (χ3n) is 4.45. The highest BCUT2D eigenvalue weighted by molar-refractivity contribution is 7.80. The lowest BCUT2D eigenvalue weighted by atomic mass is 9.91. The summed E-state index contributed by atoms with van der Waals surface area (Å²) in [4.78, 5) is 14.5. The Balaban J connectivity index is 2.09. The number of amides is 1. The second-order valence-electron chi connectivity index (χ2n) is 6.30. The van der Waals surface area contributed by atoms with E-state index in [9.17, 15) is 18.0 Å². The van der Waals surface area contributed by atoms with Gasteiger partial charge in [-0.3, -0.25) is 4.79 Å². The number of allylic oxidation sites excluding steroid dienone is 1. The molecule has 1 aliphatic rings. The predicted molar refractivity (Wildman–Crippen MR) is 100 cm³/mol. The lowest BCUT2D eigenvalue weighted by Gasteiger charge is -2.36. The van der Waals surface area contributed by atoms with Crippen LogP contribution in [-0.2, 0) is 11.0 Å². The Hall–Kier alpha value is -2.88. The van der Waals surface area contributed by atoms with Crippen LogP contribution in [0.1, 0.15) is 29.9 Å². The van der Waals surface area contributed by atoms with Crippen LogP contribution in [0.3, 0.4) is 0 Å². The zero-order valence-electron chi connectivity index (χ0n) is 15.2. The number of hydrogen-bond donors (Lipinski definition) is 2. The summed E-state index contributed by atoms with van der Waals surface area (Å²) in [5, 5.41) is 9.32. The third kappa shape index (κ3) is 3.72. The molecule has 0 saturated carbocycles. The van der Waals surface area contributed by atoms with Gasteiger partial charge in [0.25, 0.3) is 5.91 Å². The van der Waals surface area contributed by atoms with E-state index in [-0.39, 0.29) is 22.1 Å². The first-order chi connectivity index (χ1) is 13.1. The standard InChI is InChI=1S/C18H17F3N4O2S/c1-9-8-13(24-27-9)22-16(26)14-10(2)25(3)17(28)23-15(14)11-6-4-5-7-12(11)18(19,20)21/h4-8,15H,1-3H3,(H,23,28)(H,22,24,26). The second kappa shape index (κ2) is 7.27. The number of rotatable bonds is 3. The van der Waals surface area contributed by atoms with Crippen LogP contribution in [0.2, 0.25) is 0 Å². The number of thiocarbonyl (C=S) groups is 1. The fourth-order valence-electron chi connectivity index (χ4n) is 2.98. The molecule has 0 bridgehead atoms. The number of alkyl halides is 3. The van der Waals surface area contributed by atoms with Crippen LogP contribution in [0, 0.1) is 6.92 Å². The maximum atomic E-state index is 13.5. The van der Waals surface area contributed by atoms with Crippen molar-refractivity contribution in [3.8, 4) is 0 Å². The van der Waals surface area contributed by atoms with Gasteiger partial charge in [-0.25, -0.2) is 0 Å². The van der Waals surface area contributed by atoms with Gasteiger partial charge in [0.1, 0.15) is 5.76 Å². The van der Waals surface area contributed by atoms with E-state index in [4.69, 9.17) is 16.7 Å². The molecule has 1 amide bonds. The van der Waals surface area contributed by atoms with Crippen molar-refractivity contribution in [1.29, 1.82) is 0 Å². The van der Waals surface area contributed by atoms with E-state index in [1.807, 2.05) is 0 Å². The summed E-state index contributed by atoms with van der Waals surface area (Å²) in [6.07, 6.45) is -4.58. The topological polar surface area (TPSA) is 70.4 Å². The number of nitrogens with one attached hydrogen (secondary N) is 2. The van der Waals surface area contributed by atoms with Crippen LogP contribution in [0.25, 0.3) is 0 Å². The number of hydrogen-bond acceptors (Lipinski definition) is 4. The van der Waals surface area contributed by atoms with E-state index in [1.54, 1.807) is 20.9 Å². The SMILES string of the molecule is CC1=C(C(=O)Nc2cc(C)on2)C(c2ccccc2C(F)(F)F)NC(=S)N1C. The van der Waals surface area contributed by atoms with E-state index in [2.05, 4.69) is 15.8 Å². The lowest BCUT2D eigenvalue weighted by Crippen LogP contribution is -2.47. The molecule has 6 nitrogen and oxygen atoms in total. The molecular formula is C18H17F3N4O2S. The molecule has 148 valence electrons. The van der Waals surface area contributed by atoms with Crippen molar-refractivity contribution < 1.29 is 22.5 Å². The summed E-state index contributed by atoms with van der Waals surface area (Å²) >= 11 is 5.23. The van der Waals surface area contributed by atoms with Gasteiger partial charge in [-0.2, -0.15) is 13.2 Å². The highest BCUT2D eigenvalue weighted by Crippen LogP contribution is 2.39. The normalized spacial score (nSPS) is 17.6. The van der Waals surface area contributed by atoms with Crippen molar-refractivity contribution in [2.45, 2.75) is 26.1 Å². The molecule has 0 spiro atoms. The van der Waals surface area contributed by atoms with Crippen molar-refractivity contribution >= 4 is 29.1 Å². The maximum Gasteiger partial charge on any atom is 0.416 e. The van der Waals surface area contributed by atoms with Crippen molar-refractivity contribution in [1.82, 2.24) is 15.4 Å². The van der Waals surface area contributed by atoms with Crippen molar-refractivity contribution in [3.05, 3.63) is 58.5 Å². The van der Waals surface area contributed by atoms with Gasteiger partial charge in [-0.05, 0) is 37.7 Å². The first kappa shape index (κ1) is 19.9. The van der Waals surface area contributed by atoms with Gasteiger partial charge in [0.2, 0.25) is 0 Å². The quantitative estimate of drug-likeness (QED) is 0.751. The molecule has 1 aromatic carbocycles. The van der Waals surface area contributed by atoms with E-state index in [0.29, 0.717) is 11.5 Å². The van der Waals surface area contributed by atoms with E-state index < -0.39 is 23.7 Å². The van der Waals surface area contributed by atoms with Gasteiger partial charge in [0.05, 0.1) is 17.2 Å². The summed E-state index contributed by atoms with van der Waals surface area (Å²) in [6.45, 7) is 3.28. The number of carbonyl (C=O) groups excluding carboxylic acids is 1. The molecule has 28 heavy (non-hydrogen) atoms. The average Bonchev–Trinajstić information content (AvgIpc) is 3.03. The fourth-order valence-corrected chi connectivity index (χ4v) is 3.23. The largest absolute Gasteiger partial charge is 0.416 e. The van der Waals surface area contributed by atoms with E-state index in [1.165, 1.54) is 29.2 Å². The Morgan fingerprint density at radius 2 is 2.00 bits per heavy atom. The molecule has 2 aromatic rings. The first-order valence-electron chi connectivity index (χ1n) is 8.25. The Morgan fingerprint density at radius 1 is 1.32 bits per heavy atom. The minimum absolute atomic E-state index is 0.0914. The molecule has 3 rings (SSSR count). The zero-order valence-corrected chi connectivity index (χ0v) is 16.0. The number of benzene rings is 1. The zero-order chi connectivity index (χ0) is 20.6. The minimum atomic E-state index is -4.58. The summed E-state index contributed by atoms with van der Waals surface area (Å²) in [5.41, 5.74) is -0.390. The van der Waals surface area contributed by atoms with Gasteiger partial charge >= 0.3 is 6.18 Å². The maximum absolute atomic E-state index is 13.5. The molecule has 1 aliphatic heterocycles. The smallest absolute Gasteiger partial charge is 0.360 e. The van der Waals surface area contributed by atoms with Gasteiger partial charge in [0.15, 0.2) is 10.9 Å². The van der Waals surface area contributed by atoms with Crippen molar-refractivity contribution in [2.75, 3.05) is 12.4 Å². The molecule has 0 aliphatic carbocycles. The number of nitrogens with zero attached hydrogens (tertiary/aromatic N) is 2. The van der Waals surface area contributed by atoms with E-state index >= 15 is 0 Å². The van der Waals surface area contributed by atoms with Crippen molar-refractivity contribution in [3.63, 3.8) is 0 Å². The van der Waals surface area contributed by atoms with Crippen molar-refractivity contribution in [2.24, 2.45) is 0 Å². The number of halogens is 3. The van der Waals surface area contributed by atoms with Crippen LogP contribution in [-0.4, -0.2) is 28.1 Å². The molecule has 1 aromatic heterocycles. The van der Waals surface area contributed by atoms with E-state index in [0.717, 1.165) is 6.07 Å². The van der Waals surface area contributed by atoms with Gasteiger partial charge in [-0.1, -0.05) is 23.4 Å². The summed E-state index contributed by atoms with van der Waals surface area (Å²) in [7, 11) is 1.63. The molecule has 0 radical (unpaired) electrons. The summed E-state index contributed by atoms with van der Waals surface area (Å²) in [6, 6.07) is 5.53.